The molecule has 2 unspecified atom stereocenters. The first-order valence-electron chi connectivity index (χ1n) is 10.4. The van der Waals surface area contributed by atoms with Crippen LogP contribution in [0.2, 0.25) is 0 Å². The highest BCUT2D eigenvalue weighted by molar-refractivity contribution is 6.09. The fourth-order valence-corrected chi connectivity index (χ4v) is 3.91. The van der Waals surface area contributed by atoms with E-state index in [1.807, 2.05) is 19.1 Å². The number of allylic oxidation sites excluding steroid dienone is 2. The third kappa shape index (κ3) is 4.45. The quantitative estimate of drug-likeness (QED) is 0.545. The standard InChI is InChI=1S/C24H24N2O5/c1-2-30-16-11-13-17(14-12-16)31-21-10-6-5-9-20(21)25-22(27)15-26-23(28)18-7-3-4-8-19(18)24(26)29/h3-6,9-14,18-19H,2,7-8,15H2,1H3,(H,25,27). The lowest BCUT2D eigenvalue weighted by atomic mass is 9.85. The number of carbonyl (C=O) groups excluding carboxylic acids is 3. The number of nitrogens with zero attached hydrogens (tertiary/aromatic N) is 1. The van der Waals surface area contributed by atoms with E-state index in [0.717, 1.165) is 10.6 Å². The number of ether oxygens (including phenoxy) is 2. The lowest BCUT2D eigenvalue weighted by Gasteiger charge is -2.16. The molecule has 7 heteroatoms. The Morgan fingerprint density at radius 1 is 0.968 bits per heavy atom. The number of anilines is 1. The summed E-state index contributed by atoms with van der Waals surface area (Å²) in [4.78, 5) is 38.9. The summed E-state index contributed by atoms with van der Waals surface area (Å²) >= 11 is 0. The Kier molecular flexibility index (Phi) is 6.02. The van der Waals surface area contributed by atoms with Crippen LogP contribution in [0.25, 0.3) is 0 Å². The molecule has 7 nitrogen and oxygen atoms in total. The topological polar surface area (TPSA) is 84.9 Å². The van der Waals surface area contributed by atoms with Crippen molar-refractivity contribution in [1.82, 2.24) is 4.90 Å². The van der Waals surface area contributed by atoms with Gasteiger partial charge in [-0.05, 0) is 56.2 Å². The highest BCUT2D eigenvalue weighted by Crippen LogP contribution is 2.35. The van der Waals surface area contributed by atoms with Crippen molar-refractivity contribution >= 4 is 23.4 Å². The number of rotatable bonds is 7. The molecule has 3 amide bonds. The summed E-state index contributed by atoms with van der Waals surface area (Å²) in [5, 5.41) is 2.76. The van der Waals surface area contributed by atoms with E-state index in [0.29, 0.717) is 36.6 Å². The van der Waals surface area contributed by atoms with E-state index in [9.17, 15) is 14.4 Å². The summed E-state index contributed by atoms with van der Waals surface area (Å²) in [5.41, 5.74) is 0.458. The zero-order chi connectivity index (χ0) is 21.8. The number of benzene rings is 2. The second-order valence-corrected chi connectivity index (χ2v) is 7.47. The maximum atomic E-state index is 12.6. The average Bonchev–Trinajstić information content (AvgIpc) is 3.02. The van der Waals surface area contributed by atoms with Crippen molar-refractivity contribution in [3.8, 4) is 17.2 Å². The molecule has 0 aromatic heterocycles. The molecular weight excluding hydrogens is 396 g/mol. The Morgan fingerprint density at radius 2 is 1.58 bits per heavy atom. The van der Waals surface area contributed by atoms with E-state index in [2.05, 4.69) is 5.32 Å². The highest BCUT2D eigenvalue weighted by Gasteiger charge is 2.47. The smallest absolute Gasteiger partial charge is 0.244 e. The third-order valence-electron chi connectivity index (χ3n) is 5.42. The summed E-state index contributed by atoms with van der Waals surface area (Å²) in [7, 11) is 0. The molecule has 1 heterocycles. The van der Waals surface area contributed by atoms with E-state index in [-0.39, 0.29) is 30.2 Å². The van der Waals surface area contributed by atoms with Gasteiger partial charge in [0.25, 0.3) is 0 Å². The lowest BCUT2D eigenvalue weighted by Crippen LogP contribution is -2.38. The molecule has 1 saturated heterocycles. The number of hydrogen-bond donors (Lipinski definition) is 1. The molecule has 1 N–H and O–H groups in total. The minimum absolute atomic E-state index is 0.270. The van der Waals surface area contributed by atoms with Crippen molar-refractivity contribution in [2.24, 2.45) is 11.8 Å². The molecule has 0 bridgehead atoms. The predicted molar refractivity (Wildman–Crippen MR) is 115 cm³/mol. The van der Waals surface area contributed by atoms with Crippen LogP contribution in [0.5, 0.6) is 17.2 Å². The van der Waals surface area contributed by atoms with Crippen molar-refractivity contribution < 1.29 is 23.9 Å². The number of likely N-dealkylation sites (tertiary alicyclic amines) is 1. The number of hydrogen-bond acceptors (Lipinski definition) is 5. The molecule has 0 saturated carbocycles. The van der Waals surface area contributed by atoms with Gasteiger partial charge in [0.1, 0.15) is 18.0 Å². The maximum absolute atomic E-state index is 12.6. The van der Waals surface area contributed by atoms with Gasteiger partial charge in [-0.3, -0.25) is 19.3 Å². The van der Waals surface area contributed by atoms with Crippen molar-refractivity contribution in [2.45, 2.75) is 19.8 Å². The van der Waals surface area contributed by atoms with Crippen LogP contribution < -0.4 is 14.8 Å². The summed E-state index contributed by atoms with van der Waals surface area (Å²) in [5.74, 6) is 0.106. The molecule has 0 radical (unpaired) electrons. The first-order valence-corrected chi connectivity index (χ1v) is 10.4. The van der Waals surface area contributed by atoms with Gasteiger partial charge in [0.05, 0.1) is 24.1 Å². The first kappa shape index (κ1) is 20.7. The molecule has 2 aromatic rings. The van der Waals surface area contributed by atoms with Crippen LogP contribution in [0.3, 0.4) is 0 Å². The fraction of sp³-hybridized carbons (Fsp3) is 0.292. The number of carbonyl (C=O) groups is 3. The van der Waals surface area contributed by atoms with Crippen LogP contribution in [0.1, 0.15) is 19.8 Å². The SMILES string of the molecule is CCOc1ccc(Oc2ccccc2NC(=O)CN2C(=O)C3CC=CCC3C2=O)cc1. The molecule has 0 spiro atoms. The number of nitrogens with one attached hydrogen (secondary N) is 1. The van der Waals surface area contributed by atoms with Crippen molar-refractivity contribution in [1.29, 1.82) is 0 Å². The van der Waals surface area contributed by atoms with Gasteiger partial charge in [-0.2, -0.15) is 0 Å². The normalized spacial score (nSPS) is 19.8. The van der Waals surface area contributed by atoms with Gasteiger partial charge >= 0.3 is 0 Å². The zero-order valence-electron chi connectivity index (χ0n) is 17.2. The second-order valence-electron chi connectivity index (χ2n) is 7.47. The van der Waals surface area contributed by atoms with Gasteiger partial charge in [-0.25, -0.2) is 0 Å². The Balaban J connectivity index is 1.42. The van der Waals surface area contributed by atoms with Gasteiger partial charge in [0.15, 0.2) is 5.75 Å². The molecule has 2 aliphatic rings. The maximum Gasteiger partial charge on any atom is 0.244 e. The number of amides is 3. The monoisotopic (exact) mass is 420 g/mol. The first-order chi connectivity index (χ1) is 15.1. The minimum atomic E-state index is -0.448. The van der Waals surface area contributed by atoms with Gasteiger partial charge in [0.2, 0.25) is 17.7 Å². The van der Waals surface area contributed by atoms with E-state index < -0.39 is 5.91 Å². The van der Waals surface area contributed by atoms with Crippen LogP contribution in [0.15, 0.2) is 60.7 Å². The van der Waals surface area contributed by atoms with E-state index in [4.69, 9.17) is 9.47 Å². The van der Waals surface area contributed by atoms with Gasteiger partial charge in [-0.15, -0.1) is 0 Å². The molecule has 2 aromatic carbocycles. The van der Waals surface area contributed by atoms with Gasteiger partial charge < -0.3 is 14.8 Å². The van der Waals surface area contributed by atoms with Crippen LogP contribution in [-0.4, -0.2) is 35.8 Å². The zero-order valence-corrected chi connectivity index (χ0v) is 17.2. The van der Waals surface area contributed by atoms with E-state index in [1.54, 1.807) is 48.5 Å². The molecule has 1 aliphatic heterocycles. The van der Waals surface area contributed by atoms with Crippen LogP contribution in [-0.2, 0) is 14.4 Å². The molecule has 4 rings (SSSR count). The number of fused-ring (bicyclic) bond motifs is 1. The summed E-state index contributed by atoms with van der Waals surface area (Å²) in [6.07, 6.45) is 4.94. The Bertz CT molecular complexity index is 989. The Morgan fingerprint density at radius 3 is 2.23 bits per heavy atom. The molecular formula is C24H24N2O5. The average molecular weight is 420 g/mol. The number of para-hydroxylation sites is 2. The third-order valence-corrected chi connectivity index (χ3v) is 5.42. The number of imide groups is 1. The highest BCUT2D eigenvalue weighted by atomic mass is 16.5. The predicted octanol–water partition coefficient (Wildman–Crippen LogP) is 3.77. The summed E-state index contributed by atoms with van der Waals surface area (Å²) in [6.45, 7) is 2.19. The van der Waals surface area contributed by atoms with E-state index in [1.165, 1.54) is 0 Å². The Labute approximate surface area is 180 Å². The summed E-state index contributed by atoms with van der Waals surface area (Å²) in [6, 6.07) is 14.2. The van der Waals surface area contributed by atoms with E-state index >= 15 is 0 Å². The van der Waals surface area contributed by atoms with Crippen LogP contribution in [0.4, 0.5) is 5.69 Å². The fourth-order valence-electron chi connectivity index (χ4n) is 3.91. The second kappa shape index (κ2) is 9.04. The van der Waals surface area contributed by atoms with Crippen molar-refractivity contribution in [3.63, 3.8) is 0 Å². The minimum Gasteiger partial charge on any atom is -0.494 e. The van der Waals surface area contributed by atoms with Crippen LogP contribution >= 0.6 is 0 Å². The molecule has 1 aliphatic carbocycles. The largest absolute Gasteiger partial charge is 0.494 e. The Hall–Kier alpha value is -3.61. The van der Waals surface area contributed by atoms with Crippen molar-refractivity contribution in [2.75, 3.05) is 18.5 Å². The van der Waals surface area contributed by atoms with Crippen molar-refractivity contribution in [3.05, 3.63) is 60.7 Å². The molecule has 160 valence electrons. The van der Waals surface area contributed by atoms with Crippen LogP contribution in [0, 0.1) is 11.8 Å². The molecule has 1 fully saturated rings. The van der Waals surface area contributed by atoms with Gasteiger partial charge in [0, 0.05) is 0 Å². The summed E-state index contributed by atoms with van der Waals surface area (Å²) < 4.78 is 11.3. The molecule has 31 heavy (non-hydrogen) atoms. The van der Waals surface area contributed by atoms with Gasteiger partial charge in [-0.1, -0.05) is 24.3 Å². The molecule has 2 atom stereocenters. The lowest BCUT2D eigenvalue weighted by molar-refractivity contribution is -0.142.